The van der Waals surface area contributed by atoms with E-state index in [1.807, 2.05) is 13.8 Å². The van der Waals surface area contributed by atoms with E-state index in [0.717, 1.165) is 0 Å². The lowest BCUT2D eigenvalue weighted by atomic mass is 9.77. The van der Waals surface area contributed by atoms with Crippen LogP contribution in [0.3, 0.4) is 0 Å². The number of rotatable bonds is 3. The van der Waals surface area contributed by atoms with Crippen molar-refractivity contribution < 1.29 is 14.8 Å². The number of hydrogen-bond donors (Lipinski definition) is 2. The van der Waals surface area contributed by atoms with E-state index >= 15 is 0 Å². The first kappa shape index (κ1) is 11.0. The lowest BCUT2D eigenvalue weighted by Crippen LogP contribution is -2.34. The Morgan fingerprint density at radius 3 is 2.50 bits per heavy atom. The van der Waals surface area contributed by atoms with Gasteiger partial charge in [0.2, 0.25) is 0 Å². The highest BCUT2D eigenvalue weighted by Gasteiger charge is 2.19. The predicted molar refractivity (Wildman–Crippen MR) is 54.7 cm³/mol. The Hall–Kier alpha value is -1.07. The van der Waals surface area contributed by atoms with Crippen molar-refractivity contribution in [2.75, 3.05) is 7.11 Å². The Balaban J connectivity index is 3.17. The fourth-order valence-corrected chi connectivity index (χ4v) is 1.27. The van der Waals surface area contributed by atoms with Gasteiger partial charge in [0.15, 0.2) is 0 Å². The molecule has 0 spiro atoms. The van der Waals surface area contributed by atoms with Crippen molar-refractivity contribution >= 4 is 12.6 Å². The van der Waals surface area contributed by atoms with E-state index in [2.05, 4.69) is 4.98 Å². The maximum Gasteiger partial charge on any atom is 0.490 e. The van der Waals surface area contributed by atoms with Crippen LogP contribution in [0.25, 0.3) is 0 Å². The van der Waals surface area contributed by atoms with E-state index in [9.17, 15) is 0 Å². The van der Waals surface area contributed by atoms with Crippen LogP contribution in [0.1, 0.15) is 25.5 Å². The lowest BCUT2D eigenvalue weighted by molar-refractivity contribution is 0.409. The fraction of sp³-hybridized carbons (Fsp3) is 0.444. The van der Waals surface area contributed by atoms with E-state index in [1.54, 1.807) is 12.3 Å². The van der Waals surface area contributed by atoms with Crippen molar-refractivity contribution in [2.24, 2.45) is 0 Å². The van der Waals surface area contributed by atoms with Gasteiger partial charge in [0.1, 0.15) is 5.75 Å². The first-order chi connectivity index (χ1) is 6.56. The van der Waals surface area contributed by atoms with Gasteiger partial charge in [0, 0.05) is 11.2 Å². The van der Waals surface area contributed by atoms with Crippen molar-refractivity contribution in [1.29, 1.82) is 0 Å². The number of nitrogens with zero attached hydrogens (tertiary/aromatic N) is 1. The fourth-order valence-electron chi connectivity index (χ4n) is 1.27. The van der Waals surface area contributed by atoms with Gasteiger partial charge in [-0.05, 0) is 12.0 Å². The molecule has 0 unspecified atom stereocenters. The molecule has 0 bridgehead atoms. The second-order valence-corrected chi connectivity index (χ2v) is 3.38. The lowest BCUT2D eigenvalue weighted by Gasteiger charge is -2.12. The average molecular weight is 195 g/mol. The van der Waals surface area contributed by atoms with Gasteiger partial charge in [-0.25, -0.2) is 0 Å². The summed E-state index contributed by atoms with van der Waals surface area (Å²) in [4.78, 5) is 4.13. The average Bonchev–Trinajstić information content (AvgIpc) is 2.16. The van der Waals surface area contributed by atoms with Gasteiger partial charge in [-0.2, -0.15) is 0 Å². The summed E-state index contributed by atoms with van der Waals surface area (Å²) in [6, 6.07) is 1.59. The summed E-state index contributed by atoms with van der Waals surface area (Å²) in [5.74, 6) is 0.676. The molecule has 0 amide bonds. The number of hydrogen-bond acceptors (Lipinski definition) is 4. The molecule has 4 nitrogen and oxygen atoms in total. The van der Waals surface area contributed by atoms with Crippen LogP contribution in [0.5, 0.6) is 5.75 Å². The second-order valence-electron chi connectivity index (χ2n) is 3.38. The molecule has 0 aliphatic carbocycles. The van der Waals surface area contributed by atoms with E-state index < -0.39 is 7.12 Å². The molecule has 1 heterocycles. The van der Waals surface area contributed by atoms with Crippen LogP contribution in [0, 0.1) is 0 Å². The zero-order valence-electron chi connectivity index (χ0n) is 8.56. The zero-order valence-corrected chi connectivity index (χ0v) is 8.56. The minimum absolute atomic E-state index is 0.151. The number of ether oxygens (including phenoxy) is 1. The van der Waals surface area contributed by atoms with Crippen molar-refractivity contribution in [1.82, 2.24) is 4.98 Å². The van der Waals surface area contributed by atoms with Gasteiger partial charge < -0.3 is 14.8 Å². The zero-order chi connectivity index (χ0) is 10.7. The summed E-state index contributed by atoms with van der Waals surface area (Å²) >= 11 is 0. The quantitative estimate of drug-likeness (QED) is 0.660. The van der Waals surface area contributed by atoms with Gasteiger partial charge in [-0.1, -0.05) is 13.8 Å². The van der Waals surface area contributed by atoms with Crippen molar-refractivity contribution in [3.8, 4) is 5.75 Å². The highest BCUT2D eigenvalue weighted by Crippen LogP contribution is 2.13. The molecule has 0 saturated heterocycles. The molecule has 0 fully saturated rings. The van der Waals surface area contributed by atoms with Crippen molar-refractivity contribution in [3.63, 3.8) is 0 Å². The molecule has 5 heteroatoms. The van der Waals surface area contributed by atoms with E-state index in [1.165, 1.54) is 7.11 Å². The Kier molecular flexibility index (Phi) is 3.49. The molecule has 1 aromatic heterocycles. The maximum absolute atomic E-state index is 9.13. The summed E-state index contributed by atoms with van der Waals surface area (Å²) in [5, 5.41) is 18.3. The highest BCUT2D eigenvalue weighted by atomic mass is 16.5. The van der Waals surface area contributed by atoms with E-state index in [0.29, 0.717) is 16.9 Å². The third-order valence-corrected chi connectivity index (χ3v) is 1.99. The molecule has 14 heavy (non-hydrogen) atoms. The normalized spacial score (nSPS) is 10.4. The Morgan fingerprint density at radius 2 is 2.07 bits per heavy atom. The highest BCUT2D eigenvalue weighted by molar-refractivity contribution is 6.59. The predicted octanol–water partition coefficient (Wildman–Crippen LogP) is -0.107. The van der Waals surface area contributed by atoms with Gasteiger partial charge in [-0.15, -0.1) is 0 Å². The van der Waals surface area contributed by atoms with Gasteiger partial charge in [0.25, 0.3) is 0 Å². The number of pyridine rings is 1. The Morgan fingerprint density at radius 1 is 1.43 bits per heavy atom. The first-order valence-corrected chi connectivity index (χ1v) is 4.46. The summed E-state index contributed by atoms with van der Waals surface area (Å²) in [5.41, 5.74) is 1.08. The van der Waals surface area contributed by atoms with E-state index in [4.69, 9.17) is 14.8 Å². The standard InChI is InChI=1S/C9H14BNO3/c1-6(2)9-8(10(12)13)4-7(14-3)5-11-9/h4-6,12-13H,1-3H3. The van der Waals surface area contributed by atoms with Crippen molar-refractivity contribution in [2.45, 2.75) is 19.8 Å². The van der Waals surface area contributed by atoms with Crippen LogP contribution in [-0.2, 0) is 0 Å². The smallest absolute Gasteiger partial charge is 0.490 e. The molecule has 0 aromatic carbocycles. The largest absolute Gasteiger partial charge is 0.495 e. The molecular weight excluding hydrogens is 181 g/mol. The number of aromatic nitrogens is 1. The number of methoxy groups -OCH3 is 1. The van der Waals surface area contributed by atoms with Crippen LogP contribution < -0.4 is 10.2 Å². The minimum Gasteiger partial charge on any atom is -0.495 e. The first-order valence-electron chi connectivity index (χ1n) is 4.46. The van der Waals surface area contributed by atoms with Crippen LogP contribution >= 0.6 is 0 Å². The summed E-state index contributed by atoms with van der Waals surface area (Å²) in [6.07, 6.45) is 1.57. The summed E-state index contributed by atoms with van der Waals surface area (Å²) in [7, 11) is 0.00886. The Labute approximate surface area is 83.7 Å². The topological polar surface area (TPSA) is 62.6 Å². The van der Waals surface area contributed by atoms with Crippen molar-refractivity contribution in [3.05, 3.63) is 18.0 Å². The van der Waals surface area contributed by atoms with Crippen LogP contribution in [0.4, 0.5) is 0 Å². The molecule has 0 aliphatic rings. The van der Waals surface area contributed by atoms with Gasteiger partial charge in [-0.3, -0.25) is 4.98 Å². The monoisotopic (exact) mass is 195 g/mol. The SMILES string of the molecule is COc1cnc(C(C)C)c(B(O)O)c1. The maximum atomic E-state index is 9.13. The van der Waals surface area contributed by atoms with Crippen LogP contribution in [-0.4, -0.2) is 29.3 Å². The third-order valence-electron chi connectivity index (χ3n) is 1.99. The molecule has 0 radical (unpaired) electrons. The second kappa shape index (κ2) is 4.44. The molecule has 76 valence electrons. The van der Waals surface area contributed by atoms with Crippen LogP contribution in [0.2, 0.25) is 0 Å². The molecule has 1 rings (SSSR count). The van der Waals surface area contributed by atoms with Gasteiger partial charge >= 0.3 is 7.12 Å². The van der Waals surface area contributed by atoms with Gasteiger partial charge in [0.05, 0.1) is 13.3 Å². The summed E-state index contributed by atoms with van der Waals surface area (Å²) in [6.45, 7) is 3.89. The molecular formula is C9H14BNO3. The Bertz CT molecular complexity index is 315. The van der Waals surface area contributed by atoms with E-state index in [-0.39, 0.29) is 5.92 Å². The minimum atomic E-state index is -1.50. The molecule has 1 aromatic rings. The molecule has 0 atom stereocenters. The third kappa shape index (κ3) is 2.24. The molecule has 0 saturated carbocycles. The van der Waals surface area contributed by atoms with Crippen LogP contribution in [0.15, 0.2) is 12.3 Å². The summed E-state index contributed by atoms with van der Waals surface area (Å²) < 4.78 is 4.96. The molecule has 0 aliphatic heterocycles. The molecule has 2 N–H and O–H groups in total.